The van der Waals surface area contributed by atoms with E-state index >= 15 is 0 Å². The molecule has 15 heavy (non-hydrogen) atoms. The molecule has 0 bridgehead atoms. The van der Waals surface area contributed by atoms with Crippen molar-refractivity contribution in [3.63, 3.8) is 0 Å². The lowest BCUT2D eigenvalue weighted by Crippen LogP contribution is -2.23. The average Bonchev–Trinajstić information content (AvgIpc) is 2.24. The fraction of sp³-hybridized carbons (Fsp3) is 0.417. The molecule has 1 rings (SSSR count). The Morgan fingerprint density at radius 3 is 2.40 bits per heavy atom. The lowest BCUT2D eigenvalue weighted by molar-refractivity contribution is 0.619. The molecular weight excluding hydrogens is 191 g/mol. The smallest absolute Gasteiger partial charge is 0.147 e. The van der Waals surface area contributed by atoms with Crippen LogP contribution in [0.5, 0.6) is 0 Å². The Bertz CT molecular complexity index is 389. The number of hydrogen-bond donors (Lipinski definition) is 0. The fourth-order valence-electron chi connectivity index (χ4n) is 1.59. The van der Waals surface area contributed by atoms with Crippen LogP contribution in [0.1, 0.15) is 25.0 Å². The second-order valence-corrected chi connectivity index (χ2v) is 3.40. The van der Waals surface area contributed by atoms with Crippen LogP contribution in [-0.4, -0.2) is 13.1 Å². The molecule has 0 heterocycles. The summed E-state index contributed by atoms with van der Waals surface area (Å²) in [5, 5.41) is 8.76. The quantitative estimate of drug-likeness (QED) is 0.760. The fourth-order valence-corrected chi connectivity index (χ4v) is 1.59. The normalized spacial score (nSPS) is 9.80. The first-order chi connectivity index (χ1) is 7.13. The molecule has 0 aliphatic rings. The van der Waals surface area contributed by atoms with Gasteiger partial charge in [0, 0.05) is 13.1 Å². The minimum atomic E-state index is -0.319. The van der Waals surface area contributed by atoms with Gasteiger partial charge in [-0.1, -0.05) is 0 Å². The van der Waals surface area contributed by atoms with Gasteiger partial charge in [-0.2, -0.15) is 5.26 Å². The predicted octanol–water partition coefficient (Wildman–Crippen LogP) is 2.85. The van der Waals surface area contributed by atoms with Crippen molar-refractivity contribution in [2.24, 2.45) is 0 Å². The van der Waals surface area contributed by atoms with E-state index in [1.165, 1.54) is 6.07 Å². The van der Waals surface area contributed by atoms with Gasteiger partial charge in [-0.25, -0.2) is 4.39 Å². The molecule has 80 valence electrons. The molecule has 0 aliphatic heterocycles. The van der Waals surface area contributed by atoms with Gasteiger partial charge in [0.15, 0.2) is 0 Å². The third-order valence-electron chi connectivity index (χ3n) is 2.52. The zero-order valence-corrected chi connectivity index (χ0v) is 9.34. The molecule has 0 unspecified atom stereocenters. The number of nitrogens with zero attached hydrogens (tertiary/aromatic N) is 2. The van der Waals surface area contributed by atoms with E-state index in [0.29, 0.717) is 11.3 Å². The van der Waals surface area contributed by atoms with Crippen molar-refractivity contribution in [3.8, 4) is 6.07 Å². The van der Waals surface area contributed by atoms with Gasteiger partial charge in [-0.05, 0) is 38.5 Å². The molecule has 0 saturated heterocycles. The highest BCUT2D eigenvalue weighted by molar-refractivity contribution is 5.54. The zero-order valence-electron chi connectivity index (χ0n) is 9.34. The van der Waals surface area contributed by atoms with Gasteiger partial charge in [-0.15, -0.1) is 0 Å². The van der Waals surface area contributed by atoms with E-state index in [1.54, 1.807) is 6.07 Å². The number of rotatable bonds is 3. The highest BCUT2D eigenvalue weighted by Crippen LogP contribution is 2.23. The maximum atomic E-state index is 13.6. The molecule has 0 saturated carbocycles. The van der Waals surface area contributed by atoms with Gasteiger partial charge in [0.05, 0.1) is 17.3 Å². The van der Waals surface area contributed by atoms with Gasteiger partial charge >= 0.3 is 0 Å². The van der Waals surface area contributed by atoms with Crippen LogP contribution in [-0.2, 0) is 0 Å². The van der Waals surface area contributed by atoms with E-state index in [9.17, 15) is 4.39 Å². The Morgan fingerprint density at radius 2 is 1.93 bits per heavy atom. The van der Waals surface area contributed by atoms with Gasteiger partial charge in [0.1, 0.15) is 5.82 Å². The molecule has 2 nitrogen and oxygen atoms in total. The first kappa shape index (κ1) is 11.5. The first-order valence-electron chi connectivity index (χ1n) is 5.09. The summed E-state index contributed by atoms with van der Waals surface area (Å²) in [5.74, 6) is -0.319. The molecule has 3 heteroatoms. The maximum absolute atomic E-state index is 13.6. The lowest BCUT2D eigenvalue weighted by atomic mass is 10.1. The first-order valence-corrected chi connectivity index (χ1v) is 5.09. The standard InChI is InChI=1S/C12H15FN2/c1-4-15(5-2)12-6-9(3)10(8-14)7-11(12)13/h6-7H,4-5H2,1-3H3. The van der Waals surface area contributed by atoms with E-state index < -0.39 is 0 Å². The summed E-state index contributed by atoms with van der Waals surface area (Å²) in [4.78, 5) is 1.93. The van der Waals surface area contributed by atoms with Crippen molar-refractivity contribution >= 4 is 5.69 Å². The monoisotopic (exact) mass is 206 g/mol. The summed E-state index contributed by atoms with van der Waals surface area (Å²) < 4.78 is 13.6. The Labute approximate surface area is 89.9 Å². The molecule has 0 atom stereocenters. The predicted molar refractivity (Wildman–Crippen MR) is 59.4 cm³/mol. The van der Waals surface area contributed by atoms with Crippen LogP contribution in [0, 0.1) is 24.1 Å². The molecule has 0 aromatic heterocycles. The molecule has 0 fully saturated rings. The largest absolute Gasteiger partial charge is 0.370 e. The number of hydrogen-bond acceptors (Lipinski definition) is 2. The number of nitriles is 1. The molecule has 0 aliphatic carbocycles. The highest BCUT2D eigenvalue weighted by Gasteiger charge is 2.11. The minimum Gasteiger partial charge on any atom is -0.370 e. The summed E-state index contributed by atoms with van der Waals surface area (Å²) in [7, 11) is 0. The van der Waals surface area contributed by atoms with Crippen LogP contribution in [0.2, 0.25) is 0 Å². The molecule has 0 radical (unpaired) electrons. The van der Waals surface area contributed by atoms with Gasteiger partial charge < -0.3 is 4.90 Å². The third kappa shape index (κ3) is 2.27. The second kappa shape index (κ2) is 4.79. The van der Waals surface area contributed by atoms with Crippen LogP contribution in [0.15, 0.2) is 12.1 Å². The van der Waals surface area contributed by atoms with Crippen molar-refractivity contribution in [2.45, 2.75) is 20.8 Å². The Hall–Kier alpha value is -1.56. The Morgan fingerprint density at radius 1 is 1.33 bits per heavy atom. The van der Waals surface area contributed by atoms with Gasteiger partial charge in [-0.3, -0.25) is 0 Å². The molecule has 0 spiro atoms. The second-order valence-electron chi connectivity index (χ2n) is 3.40. The van der Waals surface area contributed by atoms with Crippen LogP contribution in [0.25, 0.3) is 0 Å². The summed E-state index contributed by atoms with van der Waals surface area (Å²) in [5.41, 5.74) is 1.81. The SMILES string of the molecule is CCN(CC)c1cc(C)c(C#N)cc1F. The number of aryl methyl sites for hydroxylation is 1. The van der Waals surface area contributed by atoms with Gasteiger partial charge in [0.2, 0.25) is 0 Å². The Balaban J connectivity index is 3.22. The summed E-state index contributed by atoms with van der Waals surface area (Å²) in [6, 6.07) is 5.03. The summed E-state index contributed by atoms with van der Waals surface area (Å²) in [6.45, 7) is 7.31. The molecular formula is C12H15FN2. The van der Waals surface area contributed by atoms with E-state index in [1.807, 2.05) is 31.7 Å². The van der Waals surface area contributed by atoms with Crippen molar-refractivity contribution < 1.29 is 4.39 Å². The van der Waals surface area contributed by atoms with Crippen molar-refractivity contribution in [1.82, 2.24) is 0 Å². The van der Waals surface area contributed by atoms with E-state index in [-0.39, 0.29) is 5.82 Å². The van der Waals surface area contributed by atoms with Gasteiger partial charge in [0.25, 0.3) is 0 Å². The molecule has 1 aromatic rings. The third-order valence-corrected chi connectivity index (χ3v) is 2.52. The lowest BCUT2D eigenvalue weighted by Gasteiger charge is -2.22. The molecule has 0 N–H and O–H groups in total. The summed E-state index contributed by atoms with van der Waals surface area (Å²) in [6.07, 6.45) is 0. The van der Waals surface area contributed by atoms with Crippen molar-refractivity contribution in [1.29, 1.82) is 5.26 Å². The van der Waals surface area contributed by atoms with Crippen molar-refractivity contribution in [2.75, 3.05) is 18.0 Å². The van der Waals surface area contributed by atoms with E-state index in [4.69, 9.17) is 5.26 Å². The van der Waals surface area contributed by atoms with Crippen LogP contribution >= 0.6 is 0 Å². The number of anilines is 1. The summed E-state index contributed by atoms with van der Waals surface area (Å²) >= 11 is 0. The average molecular weight is 206 g/mol. The minimum absolute atomic E-state index is 0.319. The van der Waals surface area contributed by atoms with Crippen LogP contribution in [0.4, 0.5) is 10.1 Å². The maximum Gasteiger partial charge on any atom is 0.147 e. The van der Waals surface area contributed by atoms with E-state index in [2.05, 4.69) is 0 Å². The topological polar surface area (TPSA) is 27.0 Å². The number of benzene rings is 1. The number of halogens is 1. The molecule has 0 amide bonds. The van der Waals surface area contributed by atoms with Crippen molar-refractivity contribution in [3.05, 3.63) is 29.1 Å². The Kier molecular flexibility index (Phi) is 3.68. The zero-order chi connectivity index (χ0) is 11.4. The highest BCUT2D eigenvalue weighted by atomic mass is 19.1. The van der Waals surface area contributed by atoms with Crippen LogP contribution < -0.4 is 4.90 Å². The van der Waals surface area contributed by atoms with E-state index in [0.717, 1.165) is 18.7 Å². The van der Waals surface area contributed by atoms with Crippen LogP contribution in [0.3, 0.4) is 0 Å². The molecule has 1 aromatic carbocycles.